The van der Waals surface area contributed by atoms with Crippen LogP contribution in [0.4, 0.5) is 5.13 Å². The van der Waals surface area contributed by atoms with Crippen LogP contribution in [0.15, 0.2) is 12.4 Å². The van der Waals surface area contributed by atoms with Gasteiger partial charge in [0.15, 0.2) is 0 Å². The predicted octanol–water partition coefficient (Wildman–Crippen LogP) is 2.56. The smallest absolute Gasteiger partial charge is 0.205 e. The molecule has 1 unspecified atom stereocenters. The van der Waals surface area contributed by atoms with Crippen LogP contribution in [0.3, 0.4) is 0 Å². The number of H-pyrrole nitrogens is 1. The van der Waals surface area contributed by atoms with E-state index in [4.69, 9.17) is 0 Å². The van der Waals surface area contributed by atoms with Crippen molar-refractivity contribution in [1.82, 2.24) is 19.3 Å². The van der Waals surface area contributed by atoms with Crippen LogP contribution < -0.4 is 4.90 Å². The molecular formula is C12H17N5S. The lowest BCUT2D eigenvalue weighted by Crippen LogP contribution is -2.33. The van der Waals surface area contributed by atoms with Crippen LogP contribution in [0, 0.1) is 0 Å². The van der Waals surface area contributed by atoms with Gasteiger partial charge in [-0.15, -0.1) is 0 Å². The molecular weight excluding hydrogens is 246 g/mol. The van der Waals surface area contributed by atoms with Crippen molar-refractivity contribution in [3.05, 3.63) is 24.0 Å². The van der Waals surface area contributed by atoms with Crippen molar-refractivity contribution < 1.29 is 0 Å². The van der Waals surface area contributed by atoms with Crippen molar-refractivity contribution in [2.75, 3.05) is 11.4 Å². The maximum absolute atomic E-state index is 4.60. The van der Waals surface area contributed by atoms with Crippen molar-refractivity contribution in [3.63, 3.8) is 0 Å². The lowest BCUT2D eigenvalue weighted by molar-refractivity contribution is 0.458. The maximum Gasteiger partial charge on any atom is 0.205 e. The second-order valence-corrected chi connectivity index (χ2v) is 5.26. The van der Waals surface area contributed by atoms with Gasteiger partial charge in [0.2, 0.25) is 5.13 Å². The highest BCUT2D eigenvalue weighted by Gasteiger charge is 2.28. The SMILES string of the molecule is CCc1nsc(N2CCCCC2c2ncc[nH]2)n1. The molecule has 2 aromatic heterocycles. The quantitative estimate of drug-likeness (QED) is 0.924. The average Bonchev–Trinajstić information content (AvgIpc) is 3.10. The zero-order valence-electron chi connectivity index (χ0n) is 10.5. The minimum atomic E-state index is 0.325. The number of imidazole rings is 1. The molecule has 96 valence electrons. The normalized spacial score (nSPS) is 20.3. The number of aromatic amines is 1. The van der Waals surface area contributed by atoms with E-state index in [-0.39, 0.29) is 0 Å². The minimum absolute atomic E-state index is 0.325. The third kappa shape index (κ3) is 2.12. The Bertz CT molecular complexity index is 492. The summed E-state index contributed by atoms with van der Waals surface area (Å²) in [4.78, 5) is 14.6. The Kier molecular flexibility index (Phi) is 3.27. The van der Waals surface area contributed by atoms with E-state index >= 15 is 0 Å². The van der Waals surface area contributed by atoms with Crippen LogP contribution in [0.1, 0.15) is 43.9 Å². The second-order valence-electron chi connectivity index (χ2n) is 4.53. The van der Waals surface area contributed by atoms with Crippen molar-refractivity contribution in [1.29, 1.82) is 0 Å². The van der Waals surface area contributed by atoms with E-state index in [1.165, 1.54) is 24.4 Å². The number of aryl methyl sites for hydroxylation is 1. The summed E-state index contributed by atoms with van der Waals surface area (Å²) in [6, 6.07) is 0.325. The summed E-state index contributed by atoms with van der Waals surface area (Å²) >= 11 is 1.50. The fourth-order valence-corrected chi connectivity index (χ4v) is 3.24. The van der Waals surface area contributed by atoms with E-state index in [2.05, 4.69) is 31.1 Å². The van der Waals surface area contributed by atoms with Crippen LogP contribution in [0.5, 0.6) is 0 Å². The third-order valence-corrected chi connectivity index (χ3v) is 4.15. The van der Waals surface area contributed by atoms with Gasteiger partial charge in [0.05, 0.1) is 6.04 Å². The number of anilines is 1. The van der Waals surface area contributed by atoms with Gasteiger partial charge >= 0.3 is 0 Å². The molecule has 0 aliphatic carbocycles. The van der Waals surface area contributed by atoms with Gasteiger partial charge in [-0.25, -0.2) is 9.97 Å². The molecule has 1 saturated heterocycles. The molecule has 0 spiro atoms. The number of aromatic nitrogens is 4. The molecule has 2 aromatic rings. The molecule has 0 saturated carbocycles. The molecule has 6 heteroatoms. The largest absolute Gasteiger partial charge is 0.347 e. The fourth-order valence-electron chi connectivity index (χ4n) is 2.41. The molecule has 1 N–H and O–H groups in total. The minimum Gasteiger partial charge on any atom is -0.347 e. The van der Waals surface area contributed by atoms with E-state index < -0.39 is 0 Å². The monoisotopic (exact) mass is 263 g/mol. The van der Waals surface area contributed by atoms with Crippen LogP contribution in [-0.2, 0) is 6.42 Å². The summed E-state index contributed by atoms with van der Waals surface area (Å²) in [5.74, 6) is 1.99. The van der Waals surface area contributed by atoms with Gasteiger partial charge in [0.1, 0.15) is 11.6 Å². The van der Waals surface area contributed by atoms with E-state index in [9.17, 15) is 0 Å². The van der Waals surface area contributed by atoms with Crippen LogP contribution in [0.25, 0.3) is 0 Å². The summed E-state index contributed by atoms with van der Waals surface area (Å²) in [5, 5.41) is 1.04. The molecule has 0 aromatic carbocycles. The first kappa shape index (κ1) is 11.6. The molecule has 1 aliphatic rings. The molecule has 0 amide bonds. The van der Waals surface area contributed by atoms with E-state index in [1.54, 1.807) is 0 Å². The van der Waals surface area contributed by atoms with Gasteiger partial charge in [-0.2, -0.15) is 4.37 Å². The summed E-state index contributed by atoms with van der Waals surface area (Å²) in [6.45, 7) is 3.13. The molecule has 3 heterocycles. The summed E-state index contributed by atoms with van der Waals surface area (Å²) in [6.07, 6.45) is 8.21. The Morgan fingerprint density at radius 1 is 1.50 bits per heavy atom. The van der Waals surface area contributed by atoms with Gasteiger partial charge in [0.25, 0.3) is 0 Å². The first-order valence-corrected chi connectivity index (χ1v) is 7.24. The number of nitrogens with zero attached hydrogens (tertiary/aromatic N) is 4. The lowest BCUT2D eigenvalue weighted by atomic mass is 10.0. The fraction of sp³-hybridized carbons (Fsp3) is 0.583. The van der Waals surface area contributed by atoms with Crippen LogP contribution in [0.2, 0.25) is 0 Å². The van der Waals surface area contributed by atoms with E-state index in [0.29, 0.717) is 6.04 Å². The van der Waals surface area contributed by atoms with Crippen molar-refractivity contribution in [2.24, 2.45) is 0 Å². The number of hydrogen-bond acceptors (Lipinski definition) is 5. The van der Waals surface area contributed by atoms with Gasteiger partial charge in [-0.3, -0.25) is 0 Å². The molecule has 1 aliphatic heterocycles. The summed E-state index contributed by atoms with van der Waals surface area (Å²) in [5.41, 5.74) is 0. The summed E-state index contributed by atoms with van der Waals surface area (Å²) in [7, 11) is 0. The van der Waals surface area contributed by atoms with Crippen molar-refractivity contribution >= 4 is 16.7 Å². The molecule has 0 bridgehead atoms. The van der Waals surface area contributed by atoms with E-state index in [1.807, 2.05) is 12.4 Å². The molecule has 0 radical (unpaired) electrons. The molecule has 5 nitrogen and oxygen atoms in total. The molecule has 1 atom stereocenters. The zero-order valence-corrected chi connectivity index (χ0v) is 11.3. The molecule has 3 rings (SSSR count). The first-order valence-electron chi connectivity index (χ1n) is 6.47. The summed E-state index contributed by atoms with van der Waals surface area (Å²) < 4.78 is 4.38. The zero-order chi connectivity index (χ0) is 12.4. The Balaban J connectivity index is 1.87. The number of piperidine rings is 1. The van der Waals surface area contributed by atoms with Crippen molar-refractivity contribution in [2.45, 2.75) is 38.6 Å². The highest BCUT2D eigenvalue weighted by Crippen LogP contribution is 2.34. The standard InChI is InChI=1S/C12H17N5S/c1-2-10-15-12(18-16-10)17-8-4-3-5-9(17)11-13-6-7-14-11/h6-7,9H,2-5,8H2,1H3,(H,13,14). The van der Waals surface area contributed by atoms with Crippen molar-refractivity contribution in [3.8, 4) is 0 Å². The second kappa shape index (κ2) is 5.06. The van der Waals surface area contributed by atoms with Crippen LogP contribution >= 0.6 is 11.5 Å². The Morgan fingerprint density at radius 3 is 3.17 bits per heavy atom. The first-order chi connectivity index (χ1) is 8.88. The van der Waals surface area contributed by atoms with Gasteiger partial charge < -0.3 is 9.88 Å². The average molecular weight is 263 g/mol. The number of rotatable bonds is 3. The third-order valence-electron chi connectivity index (χ3n) is 3.36. The van der Waals surface area contributed by atoms with Gasteiger partial charge in [-0.05, 0) is 19.3 Å². The predicted molar refractivity (Wildman–Crippen MR) is 71.8 cm³/mol. The van der Waals surface area contributed by atoms with Gasteiger partial charge in [-0.1, -0.05) is 6.92 Å². The Morgan fingerprint density at radius 2 is 2.44 bits per heavy atom. The highest BCUT2D eigenvalue weighted by atomic mass is 32.1. The van der Waals surface area contributed by atoms with Crippen LogP contribution in [-0.4, -0.2) is 25.9 Å². The highest BCUT2D eigenvalue weighted by molar-refractivity contribution is 7.09. The number of nitrogens with one attached hydrogen (secondary N) is 1. The lowest BCUT2D eigenvalue weighted by Gasteiger charge is -2.33. The Labute approximate surface area is 110 Å². The number of hydrogen-bond donors (Lipinski definition) is 1. The maximum atomic E-state index is 4.60. The topological polar surface area (TPSA) is 57.7 Å². The van der Waals surface area contributed by atoms with E-state index in [0.717, 1.165) is 36.2 Å². The Hall–Kier alpha value is -1.43. The van der Waals surface area contributed by atoms with Gasteiger partial charge in [0, 0.05) is 36.9 Å². The molecule has 1 fully saturated rings. The molecule has 18 heavy (non-hydrogen) atoms.